The molecule has 0 N–H and O–H groups in total. The van der Waals surface area contributed by atoms with Crippen LogP contribution in [-0.4, -0.2) is 26.3 Å². The first-order valence-corrected chi connectivity index (χ1v) is 7.09. The van der Waals surface area contributed by atoms with Crippen molar-refractivity contribution in [3.05, 3.63) is 29.3 Å². The summed E-state index contributed by atoms with van der Waals surface area (Å²) in [6, 6.07) is 2.76. The maximum Gasteiger partial charge on any atom is 0.149 e. The van der Waals surface area contributed by atoms with Crippen LogP contribution in [0.2, 0.25) is 0 Å². The average Bonchev–Trinajstić information content (AvgIpc) is 2.38. The van der Waals surface area contributed by atoms with Crippen LogP contribution in [-0.2, 0) is 10.1 Å². The number of piperidine rings is 1. The summed E-state index contributed by atoms with van der Waals surface area (Å²) in [7, 11) is 1.63. The van der Waals surface area contributed by atoms with Crippen LogP contribution >= 0.6 is 15.9 Å². The summed E-state index contributed by atoms with van der Waals surface area (Å²) in [5.74, 6) is -0.998. The van der Waals surface area contributed by atoms with Gasteiger partial charge in [-0.05, 0) is 30.5 Å². The molecular formula is C13H16BrF2NO. The van der Waals surface area contributed by atoms with Crippen molar-refractivity contribution < 1.29 is 13.5 Å². The van der Waals surface area contributed by atoms with E-state index in [0.29, 0.717) is 24.0 Å². The molecule has 18 heavy (non-hydrogen) atoms. The number of halogens is 3. The largest absolute Gasteiger partial charge is 0.380 e. The van der Waals surface area contributed by atoms with Crippen LogP contribution in [0.5, 0.6) is 0 Å². The smallest absolute Gasteiger partial charge is 0.149 e. The number of hydrogen-bond donors (Lipinski definition) is 0. The molecular weight excluding hydrogens is 304 g/mol. The van der Waals surface area contributed by atoms with Crippen LogP contribution in [0.4, 0.5) is 14.5 Å². The fraction of sp³-hybridized carbons (Fsp3) is 0.538. The van der Waals surface area contributed by atoms with Gasteiger partial charge in [0.1, 0.15) is 17.3 Å². The summed E-state index contributed by atoms with van der Waals surface area (Å²) in [6.07, 6.45) is 1.88. The number of ether oxygens (including phenoxy) is 1. The molecule has 0 amide bonds. The van der Waals surface area contributed by atoms with E-state index in [-0.39, 0.29) is 11.8 Å². The summed E-state index contributed by atoms with van der Waals surface area (Å²) in [5, 5.41) is 0.446. The Labute approximate surface area is 114 Å². The molecule has 1 saturated heterocycles. The highest BCUT2D eigenvalue weighted by Gasteiger charge is 2.24. The summed E-state index contributed by atoms with van der Waals surface area (Å²) in [5.41, 5.74) is 0.676. The Hall–Kier alpha value is -0.680. The number of anilines is 1. The van der Waals surface area contributed by atoms with Crippen LogP contribution < -0.4 is 4.90 Å². The Morgan fingerprint density at radius 1 is 1.39 bits per heavy atom. The lowest BCUT2D eigenvalue weighted by molar-refractivity contribution is 0.0890. The van der Waals surface area contributed by atoms with E-state index in [1.54, 1.807) is 12.0 Å². The molecule has 0 bridgehead atoms. The molecule has 2 nitrogen and oxygen atoms in total. The highest BCUT2D eigenvalue weighted by molar-refractivity contribution is 9.08. The minimum atomic E-state index is -0.499. The zero-order valence-electron chi connectivity index (χ0n) is 10.3. The third-order valence-electron chi connectivity index (χ3n) is 3.26. The standard InChI is InChI=1S/C13H16BrF2NO/c1-18-10-3-2-4-17(8-10)13-11(15)5-9(7-14)6-12(13)16/h5-6,10H,2-4,7-8H2,1H3. The topological polar surface area (TPSA) is 12.5 Å². The Balaban J connectivity index is 2.27. The first-order valence-electron chi connectivity index (χ1n) is 5.97. The second-order valence-corrected chi connectivity index (χ2v) is 5.05. The van der Waals surface area contributed by atoms with Crippen LogP contribution in [0, 0.1) is 11.6 Å². The van der Waals surface area contributed by atoms with Crippen molar-refractivity contribution in [3.63, 3.8) is 0 Å². The maximum absolute atomic E-state index is 14.0. The number of benzene rings is 1. The van der Waals surface area contributed by atoms with E-state index in [1.807, 2.05) is 0 Å². The maximum atomic E-state index is 14.0. The molecule has 1 atom stereocenters. The Bertz CT molecular complexity index is 404. The Kier molecular flexibility index (Phi) is 4.56. The summed E-state index contributed by atoms with van der Waals surface area (Å²) < 4.78 is 33.2. The number of alkyl halides is 1. The van der Waals surface area contributed by atoms with Gasteiger partial charge in [0.05, 0.1) is 6.10 Å². The van der Waals surface area contributed by atoms with Gasteiger partial charge in [0.2, 0.25) is 0 Å². The number of hydrogen-bond acceptors (Lipinski definition) is 2. The molecule has 1 fully saturated rings. The molecule has 1 aliphatic heterocycles. The molecule has 5 heteroatoms. The third kappa shape index (κ3) is 2.83. The Morgan fingerprint density at radius 2 is 2.06 bits per heavy atom. The molecule has 2 rings (SSSR count). The first kappa shape index (κ1) is 13.7. The summed E-state index contributed by atoms with van der Waals surface area (Å²) in [4.78, 5) is 1.74. The fourth-order valence-corrected chi connectivity index (χ4v) is 2.65. The van der Waals surface area contributed by atoms with Crippen molar-refractivity contribution in [3.8, 4) is 0 Å². The minimum Gasteiger partial charge on any atom is -0.380 e. The molecule has 1 unspecified atom stereocenters. The van der Waals surface area contributed by atoms with Crippen molar-refractivity contribution in [1.29, 1.82) is 0 Å². The van der Waals surface area contributed by atoms with E-state index in [0.717, 1.165) is 12.8 Å². The lowest BCUT2D eigenvalue weighted by Gasteiger charge is -2.34. The molecule has 0 radical (unpaired) electrons. The van der Waals surface area contributed by atoms with Crippen LogP contribution in [0.3, 0.4) is 0 Å². The van der Waals surface area contributed by atoms with Crippen molar-refractivity contribution in [2.24, 2.45) is 0 Å². The number of nitrogens with zero attached hydrogens (tertiary/aromatic N) is 1. The zero-order valence-corrected chi connectivity index (χ0v) is 11.8. The van der Waals surface area contributed by atoms with E-state index in [9.17, 15) is 8.78 Å². The minimum absolute atomic E-state index is 0.0494. The van der Waals surface area contributed by atoms with Gasteiger partial charge in [0, 0.05) is 25.5 Å². The summed E-state index contributed by atoms with van der Waals surface area (Å²) >= 11 is 3.20. The molecule has 1 aromatic rings. The molecule has 0 saturated carbocycles. The summed E-state index contributed by atoms with van der Waals surface area (Å²) in [6.45, 7) is 1.21. The molecule has 0 aliphatic carbocycles. The molecule has 1 heterocycles. The van der Waals surface area contributed by atoms with Gasteiger partial charge in [-0.1, -0.05) is 15.9 Å². The highest BCUT2D eigenvalue weighted by Crippen LogP contribution is 2.28. The monoisotopic (exact) mass is 319 g/mol. The molecule has 1 aromatic carbocycles. The second kappa shape index (κ2) is 5.97. The SMILES string of the molecule is COC1CCCN(c2c(F)cc(CBr)cc2F)C1. The molecule has 0 spiro atoms. The van der Waals surface area contributed by atoms with Crippen molar-refractivity contribution in [1.82, 2.24) is 0 Å². The van der Waals surface area contributed by atoms with Crippen molar-refractivity contribution >= 4 is 21.6 Å². The predicted octanol–water partition coefficient (Wildman–Crippen LogP) is 3.47. The van der Waals surface area contributed by atoms with Gasteiger partial charge in [0.15, 0.2) is 0 Å². The van der Waals surface area contributed by atoms with Crippen LogP contribution in [0.1, 0.15) is 18.4 Å². The molecule has 100 valence electrons. The first-order chi connectivity index (χ1) is 8.65. The lowest BCUT2D eigenvalue weighted by atomic mass is 10.1. The third-order valence-corrected chi connectivity index (χ3v) is 3.91. The number of methoxy groups -OCH3 is 1. The normalized spacial score (nSPS) is 20.2. The van der Waals surface area contributed by atoms with Gasteiger partial charge in [-0.3, -0.25) is 0 Å². The highest BCUT2D eigenvalue weighted by atomic mass is 79.9. The second-order valence-electron chi connectivity index (χ2n) is 4.49. The van der Waals surface area contributed by atoms with E-state index in [2.05, 4.69) is 15.9 Å². The average molecular weight is 320 g/mol. The molecule has 0 aromatic heterocycles. The van der Waals surface area contributed by atoms with Crippen LogP contribution in [0.25, 0.3) is 0 Å². The van der Waals surface area contributed by atoms with E-state index in [4.69, 9.17) is 4.74 Å². The van der Waals surface area contributed by atoms with E-state index in [1.165, 1.54) is 12.1 Å². The van der Waals surface area contributed by atoms with E-state index < -0.39 is 11.6 Å². The quantitative estimate of drug-likeness (QED) is 0.791. The van der Waals surface area contributed by atoms with E-state index >= 15 is 0 Å². The van der Waals surface area contributed by atoms with Gasteiger partial charge in [-0.15, -0.1) is 0 Å². The van der Waals surface area contributed by atoms with Gasteiger partial charge in [-0.25, -0.2) is 8.78 Å². The van der Waals surface area contributed by atoms with Crippen LogP contribution in [0.15, 0.2) is 12.1 Å². The lowest BCUT2D eigenvalue weighted by Crippen LogP contribution is -2.40. The van der Waals surface area contributed by atoms with Crippen molar-refractivity contribution in [2.45, 2.75) is 24.3 Å². The van der Waals surface area contributed by atoms with Gasteiger partial charge < -0.3 is 9.64 Å². The van der Waals surface area contributed by atoms with Gasteiger partial charge >= 0.3 is 0 Å². The Morgan fingerprint density at radius 3 is 2.61 bits per heavy atom. The van der Waals surface area contributed by atoms with Crippen molar-refractivity contribution in [2.75, 3.05) is 25.1 Å². The fourth-order valence-electron chi connectivity index (χ4n) is 2.33. The molecule has 1 aliphatic rings. The number of rotatable bonds is 3. The zero-order chi connectivity index (χ0) is 13.1. The predicted molar refractivity (Wildman–Crippen MR) is 71.2 cm³/mol. The van der Waals surface area contributed by atoms with Gasteiger partial charge in [-0.2, -0.15) is 0 Å². The van der Waals surface area contributed by atoms with Gasteiger partial charge in [0.25, 0.3) is 0 Å².